The van der Waals surface area contributed by atoms with Gasteiger partial charge in [-0.15, -0.1) is 0 Å². The molecule has 0 radical (unpaired) electrons. The van der Waals surface area contributed by atoms with Crippen LogP contribution >= 0.6 is 11.8 Å². The molecule has 1 aromatic carbocycles. The molecule has 2 heteroatoms. The van der Waals surface area contributed by atoms with Crippen molar-refractivity contribution in [3.63, 3.8) is 0 Å². The van der Waals surface area contributed by atoms with E-state index in [1.807, 2.05) is 0 Å². The van der Waals surface area contributed by atoms with E-state index in [-0.39, 0.29) is 0 Å². The first-order chi connectivity index (χ1) is 8.33. The molecular formula is C15H23NS. The maximum Gasteiger partial charge on any atom is 0.0197 e. The summed E-state index contributed by atoms with van der Waals surface area (Å²) >= 11 is 2.09. The predicted octanol–water partition coefficient (Wildman–Crippen LogP) is 3.13. The van der Waals surface area contributed by atoms with Crippen molar-refractivity contribution >= 4 is 11.8 Å². The lowest BCUT2D eigenvalue weighted by Crippen LogP contribution is -2.36. The Hall–Kier alpha value is -0.470. The number of nitrogens with one attached hydrogen (secondary N) is 1. The lowest BCUT2D eigenvalue weighted by Gasteiger charge is -2.19. The highest BCUT2D eigenvalue weighted by Crippen LogP contribution is 2.27. The maximum atomic E-state index is 3.62. The molecule has 1 aromatic rings. The van der Waals surface area contributed by atoms with Crippen molar-refractivity contribution in [3.05, 3.63) is 35.4 Å². The Morgan fingerprint density at radius 3 is 2.47 bits per heavy atom. The monoisotopic (exact) mass is 249 g/mol. The van der Waals surface area contributed by atoms with Crippen molar-refractivity contribution < 1.29 is 0 Å². The van der Waals surface area contributed by atoms with E-state index in [2.05, 4.69) is 55.2 Å². The first-order valence-corrected chi connectivity index (χ1v) is 7.88. The molecule has 0 aromatic heterocycles. The van der Waals surface area contributed by atoms with Crippen molar-refractivity contribution in [1.29, 1.82) is 0 Å². The van der Waals surface area contributed by atoms with E-state index in [0.717, 1.165) is 24.9 Å². The molecule has 0 aliphatic carbocycles. The number of aryl methyl sites for hydroxylation is 1. The Balaban J connectivity index is 1.94. The minimum atomic E-state index is 0.718. The average molecular weight is 249 g/mol. The topological polar surface area (TPSA) is 12.0 Å². The molecule has 1 aliphatic heterocycles. The maximum absolute atomic E-state index is 3.62. The van der Waals surface area contributed by atoms with Gasteiger partial charge in [-0.3, -0.25) is 0 Å². The molecule has 0 amide bonds. The van der Waals surface area contributed by atoms with E-state index in [4.69, 9.17) is 0 Å². The second-order valence-electron chi connectivity index (χ2n) is 4.84. The zero-order valence-corrected chi connectivity index (χ0v) is 11.7. The molecule has 2 unspecified atom stereocenters. The van der Waals surface area contributed by atoms with E-state index in [0.29, 0.717) is 0 Å². The van der Waals surface area contributed by atoms with Gasteiger partial charge in [-0.1, -0.05) is 38.1 Å². The number of rotatable bonds is 5. The fourth-order valence-electron chi connectivity index (χ4n) is 2.50. The summed E-state index contributed by atoms with van der Waals surface area (Å²) in [6.45, 7) is 5.51. The first kappa shape index (κ1) is 13.0. The van der Waals surface area contributed by atoms with Crippen molar-refractivity contribution in [2.24, 2.45) is 5.92 Å². The van der Waals surface area contributed by atoms with Crippen LogP contribution in [-0.4, -0.2) is 24.1 Å². The highest BCUT2D eigenvalue weighted by Gasteiger charge is 2.26. The lowest BCUT2D eigenvalue weighted by atomic mass is 9.94. The van der Waals surface area contributed by atoms with Gasteiger partial charge < -0.3 is 5.32 Å². The second-order valence-corrected chi connectivity index (χ2v) is 5.91. The van der Waals surface area contributed by atoms with Gasteiger partial charge in [0.15, 0.2) is 0 Å². The Bertz CT molecular complexity index is 333. The lowest BCUT2D eigenvalue weighted by molar-refractivity contribution is 0.434. The zero-order valence-electron chi connectivity index (χ0n) is 10.9. The number of benzene rings is 1. The van der Waals surface area contributed by atoms with Gasteiger partial charge in [0.25, 0.3) is 0 Å². The van der Waals surface area contributed by atoms with Crippen LogP contribution in [0.2, 0.25) is 0 Å². The molecule has 1 saturated heterocycles. The van der Waals surface area contributed by atoms with Crippen molar-refractivity contribution in [2.45, 2.75) is 32.7 Å². The van der Waals surface area contributed by atoms with Crippen LogP contribution in [0.25, 0.3) is 0 Å². The minimum absolute atomic E-state index is 0.718. The van der Waals surface area contributed by atoms with Crippen LogP contribution in [0.4, 0.5) is 0 Å². The van der Waals surface area contributed by atoms with Gasteiger partial charge in [0.05, 0.1) is 0 Å². The number of hydrogen-bond donors (Lipinski definition) is 1. The van der Waals surface area contributed by atoms with Gasteiger partial charge in [0.2, 0.25) is 0 Å². The molecular weight excluding hydrogens is 226 g/mol. The van der Waals surface area contributed by atoms with Crippen LogP contribution in [-0.2, 0) is 12.8 Å². The third kappa shape index (κ3) is 3.49. The van der Waals surface area contributed by atoms with Crippen molar-refractivity contribution in [3.8, 4) is 0 Å². The Kier molecular flexibility index (Phi) is 4.93. The third-order valence-corrected chi connectivity index (χ3v) is 4.85. The van der Waals surface area contributed by atoms with Crippen LogP contribution < -0.4 is 5.32 Å². The quantitative estimate of drug-likeness (QED) is 0.860. The summed E-state index contributed by atoms with van der Waals surface area (Å²) in [4.78, 5) is 0. The van der Waals surface area contributed by atoms with Gasteiger partial charge in [0, 0.05) is 11.8 Å². The van der Waals surface area contributed by atoms with Crippen LogP contribution in [0.1, 0.15) is 25.0 Å². The summed E-state index contributed by atoms with van der Waals surface area (Å²) in [6.07, 6.45) is 2.37. The fourth-order valence-corrected chi connectivity index (χ4v) is 3.93. The summed E-state index contributed by atoms with van der Waals surface area (Å²) < 4.78 is 0. The van der Waals surface area contributed by atoms with Crippen LogP contribution in [0.3, 0.4) is 0 Å². The van der Waals surface area contributed by atoms with Gasteiger partial charge in [-0.05, 0) is 42.2 Å². The number of thioether (sulfide) groups is 1. The first-order valence-electron chi connectivity index (χ1n) is 6.72. The molecule has 2 rings (SSSR count). The summed E-state index contributed by atoms with van der Waals surface area (Å²) in [7, 11) is 0. The molecule has 1 aliphatic rings. The van der Waals surface area contributed by atoms with E-state index >= 15 is 0 Å². The van der Waals surface area contributed by atoms with Crippen molar-refractivity contribution in [2.75, 3.05) is 18.1 Å². The summed E-state index contributed by atoms with van der Waals surface area (Å²) in [5.41, 5.74) is 2.94. The number of hydrogen-bond acceptors (Lipinski definition) is 2. The van der Waals surface area contributed by atoms with Crippen molar-refractivity contribution in [1.82, 2.24) is 5.32 Å². The normalized spacial score (nSPS) is 24.1. The molecule has 1 nitrogen and oxygen atoms in total. The van der Waals surface area contributed by atoms with Crippen LogP contribution in [0, 0.1) is 5.92 Å². The van der Waals surface area contributed by atoms with Crippen LogP contribution in [0.5, 0.6) is 0 Å². The molecule has 1 fully saturated rings. The second kappa shape index (κ2) is 6.46. The van der Waals surface area contributed by atoms with Gasteiger partial charge >= 0.3 is 0 Å². The Morgan fingerprint density at radius 1 is 1.12 bits per heavy atom. The molecule has 1 N–H and O–H groups in total. The van der Waals surface area contributed by atoms with E-state index in [1.54, 1.807) is 0 Å². The Labute approximate surface area is 109 Å². The Morgan fingerprint density at radius 2 is 1.82 bits per heavy atom. The standard InChI is InChI=1S/C15H23NS/c1-3-12-5-7-13(8-6-12)9-14-10-17-11-15(14)16-4-2/h5-8,14-16H,3-4,9-11H2,1-2H3. The van der Waals surface area contributed by atoms with Gasteiger partial charge in [0.1, 0.15) is 0 Å². The van der Waals surface area contributed by atoms with E-state index in [9.17, 15) is 0 Å². The smallest absolute Gasteiger partial charge is 0.0197 e. The van der Waals surface area contributed by atoms with E-state index < -0.39 is 0 Å². The van der Waals surface area contributed by atoms with Gasteiger partial charge in [-0.25, -0.2) is 0 Å². The summed E-state index contributed by atoms with van der Waals surface area (Å²) in [6, 6.07) is 9.89. The van der Waals surface area contributed by atoms with E-state index in [1.165, 1.54) is 29.1 Å². The van der Waals surface area contributed by atoms with Crippen LogP contribution in [0.15, 0.2) is 24.3 Å². The predicted molar refractivity (Wildman–Crippen MR) is 77.8 cm³/mol. The molecule has 0 saturated carbocycles. The highest BCUT2D eigenvalue weighted by atomic mass is 32.2. The molecule has 94 valence electrons. The summed E-state index contributed by atoms with van der Waals surface area (Å²) in [5, 5.41) is 3.62. The zero-order chi connectivity index (χ0) is 12.1. The molecule has 2 atom stereocenters. The molecule has 1 heterocycles. The summed E-state index contributed by atoms with van der Waals surface area (Å²) in [5.74, 6) is 3.41. The third-order valence-electron chi connectivity index (χ3n) is 3.59. The highest BCUT2D eigenvalue weighted by molar-refractivity contribution is 7.99. The largest absolute Gasteiger partial charge is 0.313 e. The average Bonchev–Trinajstić information content (AvgIpc) is 2.78. The fraction of sp³-hybridized carbons (Fsp3) is 0.600. The molecule has 0 spiro atoms. The molecule has 17 heavy (non-hydrogen) atoms. The SMILES string of the molecule is CCNC1CSCC1Cc1ccc(CC)cc1. The molecule has 0 bridgehead atoms. The van der Waals surface area contributed by atoms with Gasteiger partial charge in [-0.2, -0.15) is 11.8 Å². The minimum Gasteiger partial charge on any atom is -0.313 e.